The molecule has 68 valence electrons. The molecule has 5 heteroatoms. The van der Waals surface area contributed by atoms with E-state index in [1.807, 2.05) is 0 Å². The van der Waals surface area contributed by atoms with Crippen LogP contribution >= 0.6 is 24.8 Å². The molecule has 0 aromatic heterocycles. The summed E-state index contributed by atoms with van der Waals surface area (Å²) in [6.07, 6.45) is 1.12. The number of hydrogen-bond acceptors (Lipinski definition) is 3. The molecule has 1 heterocycles. The van der Waals surface area contributed by atoms with Crippen LogP contribution in [0.25, 0.3) is 0 Å². The Labute approximate surface area is 79.1 Å². The average Bonchev–Trinajstić information content (AvgIpc) is 1.79. The van der Waals surface area contributed by atoms with Crippen LogP contribution in [0.3, 0.4) is 0 Å². The summed E-state index contributed by atoms with van der Waals surface area (Å²) in [6.45, 7) is 2.98. The van der Waals surface area contributed by atoms with Crippen molar-refractivity contribution in [2.24, 2.45) is 0 Å². The molecule has 0 spiro atoms. The lowest BCUT2D eigenvalue weighted by atomic mass is 10.3. The molecule has 0 aromatic rings. The predicted molar refractivity (Wildman–Crippen MR) is 49.9 cm³/mol. The third-order valence-corrected chi connectivity index (χ3v) is 1.35. The molecule has 0 saturated carbocycles. The molecule has 0 amide bonds. The van der Waals surface area contributed by atoms with E-state index in [2.05, 4.69) is 10.6 Å². The molecule has 1 aliphatic rings. The van der Waals surface area contributed by atoms with Crippen LogP contribution in [0.2, 0.25) is 0 Å². The summed E-state index contributed by atoms with van der Waals surface area (Å²) < 4.78 is 0. The lowest BCUT2D eigenvalue weighted by Crippen LogP contribution is -2.36. The van der Waals surface area contributed by atoms with Gasteiger partial charge in [0.1, 0.15) is 0 Å². The summed E-state index contributed by atoms with van der Waals surface area (Å²) in [4.78, 5) is 10.7. The summed E-state index contributed by atoms with van der Waals surface area (Å²) in [5.41, 5.74) is 0. The van der Waals surface area contributed by atoms with Crippen molar-refractivity contribution in [2.45, 2.75) is 6.42 Å². The minimum atomic E-state index is 0. The van der Waals surface area contributed by atoms with E-state index >= 15 is 0 Å². The monoisotopic (exact) mass is 200 g/mol. The van der Waals surface area contributed by atoms with Crippen LogP contribution in [0.4, 0.5) is 0 Å². The zero-order valence-corrected chi connectivity index (χ0v) is 7.89. The first kappa shape index (κ1) is 13.7. The van der Waals surface area contributed by atoms with E-state index in [0.717, 1.165) is 19.5 Å². The summed E-state index contributed by atoms with van der Waals surface area (Å²) in [5.74, 6) is 0.259. The lowest BCUT2D eigenvalue weighted by molar-refractivity contribution is -0.117. The largest absolute Gasteiger partial charge is 0.310 e. The number of carbonyl (C=O) groups is 1. The number of carbonyl (C=O) groups excluding carboxylic acids is 1. The van der Waals surface area contributed by atoms with Gasteiger partial charge in [0.25, 0.3) is 0 Å². The average molecular weight is 201 g/mol. The number of hydrogen-bond donors (Lipinski definition) is 2. The van der Waals surface area contributed by atoms with Crippen LogP contribution in [0.15, 0.2) is 0 Å². The number of halogens is 2. The van der Waals surface area contributed by atoms with E-state index in [0.29, 0.717) is 13.1 Å². The quantitative estimate of drug-likeness (QED) is 0.578. The molecular weight excluding hydrogens is 187 g/mol. The molecule has 0 aliphatic carbocycles. The maximum atomic E-state index is 10.7. The fourth-order valence-electron chi connectivity index (χ4n) is 0.857. The Hall–Kier alpha value is 0.170. The second-order valence-electron chi connectivity index (χ2n) is 2.25. The summed E-state index contributed by atoms with van der Waals surface area (Å²) in [7, 11) is 0. The topological polar surface area (TPSA) is 41.1 Å². The lowest BCUT2D eigenvalue weighted by Gasteiger charge is -2.09. The van der Waals surface area contributed by atoms with Crippen molar-refractivity contribution >= 4 is 30.6 Å². The molecule has 1 aliphatic heterocycles. The molecule has 0 aromatic carbocycles. The minimum Gasteiger partial charge on any atom is -0.310 e. The third-order valence-electron chi connectivity index (χ3n) is 1.35. The molecule has 0 atom stereocenters. The van der Waals surface area contributed by atoms with Crippen LogP contribution in [0.5, 0.6) is 0 Å². The highest BCUT2D eigenvalue weighted by Gasteiger charge is 2.02. The molecule has 3 nitrogen and oxygen atoms in total. The van der Waals surface area contributed by atoms with E-state index in [-0.39, 0.29) is 30.6 Å². The van der Waals surface area contributed by atoms with Crippen molar-refractivity contribution in [3.8, 4) is 0 Å². The number of Topliss-reactive ketones (excluding diaryl/α,β-unsaturated/α-hetero) is 1. The van der Waals surface area contributed by atoms with Crippen LogP contribution in [0, 0.1) is 0 Å². The van der Waals surface area contributed by atoms with Gasteiger partial charge in [-0.2, -0.15) is 0 Å². The normalized spacial score (nSPS) is 18.7. The van der Waals surface area contributed by atoms with E-state index in [1.165, 1.54) is 0 Å². The molecule has 0 radical (unpaired) electrons. The molecule has 1 saturated heterocycles. The molecular formula is C6H14Cl2N2O. The van der Waals surface area contributed by atoms with Crippen LogP contribution < -0.4 is 10.6 Å². The van der Waals surface area contributed by atoms with Crippen molar-refractivity contribution in [1.82, 2.24) is 10.6 Å². The number of rotatable bonds is 0. The summed E-state index contributed by atoms with van der Waals surface area (Å²) in [5, 5.41) is 6.09. The Morgan fingerprint density at radius 2 is 1.45 bits per heavy atom. The first-order chi connectivity index (χ1) is 4.39. The Morgan fingerprint density at radius 1 is 1.00 bits per heavy atom. The predicted octanol–water partition coefficient (Wildman–Crippen LogP) is -0.0180. The van der Waals surface area contributed by atoms with Gasteiger partial charge in [0.05, 0.1) is 13.1 Å². The first-order valence-corrected chi connectivity index (χ1v) is 3.33. The van der Waals surface area contributed by atoms with Gasteiger partial charge in [-0.15, -0.1) is 24.8 Å². The van der Waals surface area contributed by atoms with Crippen LogP contribution in [0.1, 0.15) is 6.42 Å². The third kappa shape index (κ3) is 6.56. The zero-order valence-electron chi connectivity index (χ0n) is 6.26. The van der Waals surface area contributed by atoms with Gasteiger partial charge in [0.2, 0.25) is 0 Å². The molecule has 11 heavy (non-hydrogen) atoms. The SMILES string of the molecule is Cl.Cl.O=C1CNCCCNC1. The Kier molecular flexibility index (Phi) is 10.3. The van der Waals surface area contributed by atoms with Crippen molar-refractivity contribution in [1.29, 1.82) is 0 Å². The van der Waals surface area contributed by atoms with E-state index in [9.17, 15) is 4.79 Å². The van der Waals surface area contributed by atoms with Gasteiger partial charge in [-0.25, -0.2) is 0 Å². The van der Waals surface area contributed by atoms with Gasteiger partial charge in [-0.1, -0.05) is 0 Å². The Bertz CT molecular complexity index is 101. The van der Waals surface area contributed by atoms with Gasteiger partial charge in [0, 0.05) is 0 Å². The van der Waals surface area contributed by atoms with Crippen molar-refractivity contribution in [3.63, 3.8) is 0 Å². The number of nitrogens with one attached hydrogen (secondary N) is 2. The second-order valence-corrected chi connectivity index (χ2v) is 2.25. The molecule has 1 fully saturated rings. The highest BCUT2D eigenvalue weighted by atomic mass is 35.5. The maximum Gasteiger partial charge on any atom is 0.160 e. The van der Waals surface area contributed by atoms with Gasteiger partial charge in [-0.3, -0.25) is 4.79 Å². The first-order valence-electron chi connectivity index (χ1n) is 3.33. The standard InChI is InChI=1S/C6H12N2O.2ClH/c9-6-4-7-2-1-3-8-5-6;;/h7-8H,1-5H2;2*1H. The molecule has 0 bridgehead atoms. The number of ketones is 1. The highest BCUT2D eigenvalue weighted by molar-refractivity contribution is 5.85. The van der Waals surface area contributed by atoms with E-state index < -0.39 is 0 Å². The smallest absolute Gasteiger partial charge is 0.160 e. The second kappa shape index (κ2) is 8.27. The Balaban J connectivity index is 0. The maximum absolute atomic E-state index is 10.7. The van der Waals surface area contributed by atoms with Crippen molar-refractivity contribution in [3.05, 3.63) is 0 Å². The fraction of sp³-hybridized carbons (Fsp3) is 0.833. The molecule has 1 rings (SSSR count). The highest BCUT2D eigenvalue weighted by Crippen LogP contribution is 1.78. The minimum absolute atomic E-state index is 0. The molecule has 0 unspecified atom stereocenters. The van der Waals surface area contributed by atoms with Gasteiger partial charge >= 0.3 is 0 Å². The Morgan fingerprint density at radius 3 is 1.91 bits per heavy atom. The zero-order chi connectivity index (χ0) is 6.53. The van der Waals surface area contributed by atoms with Gasteiger partial charge in [0.15, 0.2) is 5.78 Å². The fourth-order valence-corrected chi connectivity index (χ4v) is 0.857. The molecule has 2 N–H and O–H groups in total. The van der Waals surface area contributed by atoms with Crippen LogP contribution in [-0.4, -0.2) is 32.0 Å². The van der Waals surface area contributed by atoms with E-state index in [1.54, 1.807) is 0 Å². The van der Waals surface area contributed by atoms with Crippen LogP contribution in [-0.2, 0) is 4.79 Å². The van der Waals surface area contributed by atoms with Crippen molar-refractivity contribution in [2.75, 3.05) is 26.2 Å². The van der Waals surface area contributed by atoms with Gasteiger partial charge < -0.3 is 10.6 Å². The summed E-state index contributed by atoms with van der Waals surface area (Å²) in [6, 6.07) is 0. The van der Waals surface area contributed by atoms with E-state index in [4.69, 9.17) is 0 Å². The van der Waals surface area contributed by atoms with Gasteiger partial charge in [-0.05, 0) is 19.5 Å². The summed E-state index contributed by atoms with van der Waals surface area (Å²) >= 11 is 0. The van der Waals surface area contributed by atoms with Crippen molar-refractivity contribution < 1.29 is 4.79 Å².